The molecule has 0 heterocycles. The molecule has 0 bridgehead atoms. The Morgan fingerprint density at radius 3 is 1.88 bits per heavy atom. The Bertz CT molecular complexity index is 147. The number of nitrogens with zero attached hydrogens (tertiary/aromatic N) is 1. The molecule has 8 heavy (non-hydrogen) atoms. The molecule has 49 valence electrons. The predicted octanol–water partition coefficient (Wildman–Crippen LogP) is -0.288. The summed E-state index contributed by atoms with van der Waals surface area (Å²) in [6, 6.07) is 0. The van der Waals surface area contributed by atoms with E-state index < -0.39 is 10.0 Å². The Balaban J connectivity index is 4.17. The summed E-state index contributed by atoms with van der Waals surface area (Å²) in [5.41, 5.74) is 0. The average molecular weight is 136 g/mol. The normalized spacial score (nSPS) is 12.5. The number of hydrogen-bond acceptors (Lipinski definition) is 2. The van der Waals surface area contributed by atoms with E-state index >= 15 is 0 Å². The van der Waals surface area contributed by atoms with Crippen LogP contribution in [0.4, 0.5) is 0 Å². The number of hydrogen-bond donors (Lipinski definition) is 0. The molecule has 0 aromatic carbocycles. The summed E-state index contributed by atoms with van der Waals surface area (Å²) in [7, 11) is -0.0406. The van der Waals surface area contributed by atoms with E-state index in [1.165, 1.54) is 14.1 Å². The fourth-order valence-electron chi connectivity index (χ4n) is 0.183. The monoisotopic (exact) mass is 136 g/mol. The summed E-state index contributed by atoms with van der Waals surface area (Å²) >= 11 is 0. The SMILES string of the molecule is [CH2]CS(=O)(=O)N(C)C. The maximum absolute atomic E-state index is 10.6. The molecule has 0 atom stereocenters. The molecular formula is C4H10NO2S. The largest absolute Gasteiger partial charge is 0.213 e. The van der Waals surface area contributed by atoms with Crippen LogP contribution in [0.2, 0.25) is 0 Å². The molecule has 3 nitrogen and oxygen atoms in total. The van der Waals surface area contributed by atoms with E-state index in [1.807, 2.05) is 0 Å². The van der Waals surface area contributed by atoms with Crippen molar-refractivity contribution in [3.8, 4) is 0 Å². The molecule has 0 aliphatic heterocycles. The van der Waals surface area contributed by atoms with Crippen LogP contribution in [0.5, 0.6) is 0 Å². The average Bonchev–Trinajstić information content (AvgIpc) is 1.67. The molecule has 0 saturated heterocycles. The highest BCUT2D eigenvalue weighted by Crippen LogP contribution is 1.89. The van der Waals surface area contributed by atoms with Crippen LogP contribution in [0.1, 0.15) is 0 Å². The molecule has 0 aliphatic rings. The highest BCUT2D eigenvalue weighted by molar-refractivity contribution is 7.89. The van der Waals surface area contributed by atoms with E-state index in [0.29, 0.717) is 0 Å². The van der Waals surface area contributed by atoms with Crippen LogP contribution in [0.3, 0.4) is 0 Å². The van der Waals surface area contributed by atoms with Gasteiger partial charge in [-0.25, -0.2) is 12.7 Å². The first-order valence-electron chi connectivity index (χ1n) is 2.20. The molecular weight excluding hydrogens is 126 g/mol. The fourth-order valence-corrected chi connectivity index (χ4v) is 0.548. The smallest absolute Gasteiger partial charge is 0.212 e. The minimum atomic E-state index is -3.01. The lowest BCUT2D eigenvalue weighted by atomic mass is 11.0. The van der Waals surface area contributed by atoms with Gasteiger partial charge in [-0.3, -0.25) is 0 Å². The molecule has 0 unspecified atom stereocenters. The highest BCUT2D eigenvalue weighted by Gasteiger charge is 2.07. The third-order valence-electron chi connectivity index (χ3n) is 0.814. The van der Waals surface area contributed by atoms with Gasteiger partial charge in [0, 0.05) is 14.1 Å². The summed E-state index contributed by atoms with van der Waals surface area (Å²) < 4.78 is 22.3. The van der Waals surface area contributed by atoms with Gasteiger partial charge in [-0.05, 0) is 6.92 Å². The minimum absolute atomic E-state index is 0.0694. The van der Waals surface area contributed by atoms with Gasteiger partial charge in [-0.2, -0.15) is 0 Å². The molecule has 0 spiro atoms. The Kier molecular flexibility index (Phi) is 2.43. The minimum Gasteiger partial charge on any atom is -0.212 e. The Hall–Kier alpha value is -0.0900. The zero-order chi connectivity index (χ0) is 6.78. The predicted molar refractivity (Wildman–Crippen MR) is 32.8 cm³/mol. The van der Waals surface area contributed by atoms with E-state index in [1.54, 1.807) is 0 Å². The molecule has 4 heteroatoms. The van der Waals surface area contributed by atoms with Crippen molar-refractivity contribution in [3.63, 3.8) is 0 Å². The Morgan fingerprint density at radius 2 is 1.88 bits per heavy atom. The maximum atomic E-state index is 10.6. The number of sulfonamides is 1. The van der Waals surface area contributed by atoms with Crippen LogP contribution >= 0.6 is 0 Å². The van der Waals surface area contributed by atoms with Crippen LogP contribution in [-0.4, -0.2) is 32.6 Å². The van der Waals surface area contributed by atoms with Crippen LogP contribution in [-0.2, 0) is 10.0 Å². The lowest BCUT2D eigenvalue weighted by Crippen LogP contribution is -2.23. The second-order valence-corrected chi connectivity index (χ2v) is 3.90. The Labute approximate surface area is 50.4 Å². The third kappa shape index (κ3) is 1.79. The lowest BCUT2D eigenvalue weighted by molar-refractivity contribution is 0.524. The maximum Gasteiger partial charge on any atom is 0.213 e. The van der Waals surface area contributed by atoms with Crippen molar-refractivity contribution in [3.05, 3.63) is 6.92 Å². The van der Waals surface area contributed by atoms with E-state index in [0.717, 1.165) is 4.31 Å². The summed E-state index contributed by atoms with van der Waals surface area (Å²) in [6.45, 7) is 3.25. The van der Waals surface area contributed by atoms with Crippen LogP contribution in [0.15, 0.2) is 0 Å². The van der Waals surface area contributed by atoms with Crippen molar-refractivity contribution >= 4 is 10.0 Å². The van der Waals surface area contributed by atoms with Crippen molar-refractivity contribution in [2.45, 2.75) is 0 Å². The summed E-state index contributed by atoms with van der Waals surface area (Å²) in [5.74, 6) is -0.0694. The fraction of sp³-hybridized carbons (Fsp3) is 0.750. The zero-order valence-electron chi connectivity index (χ0n) is 5.09. The molecule has 0 rings (SSSR count). The first kappa shape index (κ1) is 7.91. The van der Waals surface area contributed by atoms with Crippen molar-refractivity contribution in [2.24, 2.45) is 0 Å². The van der Waals surface area contributed by atoms with Crippen molar-refractivity contribution in [1.29, 1.82) is 0 Å². The van der Waals surface area contributed by atoms with Gasteiger partial charge in [0.15, 0.2) is 0 Å². The molecule has 0 saturated carbocycles. The molecule has 0 aliphatic carbocycles. The van der Waals surface area contributed by atoms with E-state index in [2.05, 4.69) is 6.92 Å². The van der Waals surface area contributed by atoms with Gasteiger partial charge >= 0.3 is 0 Å². The lowest BCUT2D eigenvalue weighted by Gasteiger charge is -2.06. The third-order valence-corrected chi connectivity index (χ3v) is 2.44. The molecule has 0 N–H and O–H groups in total. The van der Waals surface area contributed by atoms with Crippen molar-refractivity contribution in [1.82, 2.24) is 4.31 Å². The van der Waals surface area contributed by atoms with Gasteiger partial charge in [0.25, 0.3) is 0 Å². The van der Waals surface area contributed by atoms with Crippen LogP contribution in [0, 0.1) is 6.92 Å². The Morgan fingerprint density at radius 1 is 1.50 bits per heavy atom. The molecule has 0 fully saturated rings. The second kappa shape index (κ2) is 2.46. The van der Waals surface area contributed by atoms with Crippen molar-refractivity contribution < 1.29 is 8.42 Å². The van der Waals surface area contributed by atoms with Gasteiger partial charge in [-0.15, -0.1) is 0 Å². The van der Waals surface area contributed by atoms with Crippen LogP contribution in [0.25, 0.3) is 0 Å². The highest BCUT2D eigenvalue weighted by atomic mass is 32.2. The topological polar surface area (TPSA) is 37.4 Å². The summed E-state index contributed by atoms with van der Waals surface area (Å²) in [5, 5.41) is 0. The second-order valence-electron chi connectivity index (χ2n) is 1.60. The zero-order valence-corrected chi connectivity index (χ0v) is 5.90. The van der Waals surface area contributed by atoms with Crippen LogP contribution < -0.4 is 0 Å². The molecule has 0 aromatic heterocycles. The van der Waals surface area contributed by atoms with E-state index in [9.17, 15) is 8.42 Å². The summed E-state index contributed by atoms with van der Waals surface area (Å²) in [4.78, 5) is 0. The molecule has 1 radical (unpaired) electrons. The van der Waals surface area contributed by atoms with Gasteiger partial charge in [0.1, 0.15) is 0 Å². The van der Waals surface area contributed by atoms with E-state index in [-0.39, 0.29) is 5.75 Å². The first-order valence-corrected chi connectivity index (χ1v) is 3.81. The first-order chi connectivity index (χ1) is 3.50. The van der Waals surface area contributed by atoms with Gasteiger partial charge in [-0.1, -0.05) is 0 Å². The number of rotatable bonds is 2. The summed E-state index contributed by atoms with van der Waals surface area (Å²) in [6.07, 6.45) is 0. The molecule has 0 amide bonds. The molecule has 0 aromatic rings. The van der Waals surface area contributed by atoms with Gasteiger partial charge < -0.3 is 0 Å². The van der Waals surface area contributed by atoms with Crippen molar-refractivity contribution in [2.75, 3.05) is 19.8 Å². The standard InChI is InChI=1S/C4H10NO2S/c1-4-8(6,7)5(2)3/h1,4H2,2-3H3. The van der Waals surface area contributed by atoms with Gasteiger partial charge in [0.05, 0.1) is 5.75 Å². The van der Waals surface area contributed by atoms with Gasteiger partial charge in [0.2, 0.25) is 10.0 Å². The van der Waals surface area contributed by atoms with E-state index in [4.69, 9.17) is 0 Å². The quantitative estimate of drug-likeness (QED) is 0.523.